The summed E-state index contributed by atoms with van der Waals surface area (Å²) >= 11 is 0. The van der Waals surface area contributed by atoms with Gasteiger partial charge in [0.05, 0.1) is 19.0 Å². The average molecular weight is 299 g/mol. The van der Waals surface area contributed by atoms with Gasteiger partial charge in [-0.2, -0.15) is 0 Å². The normalized spacial score (nSPS) is 10.7. The van der Waals surface area contributed by atoms with Crippen LogP contribution in [0.25, 0.3) is 11.4 Å². The van der Waals surface area contributed by atoms with E-state index >= 15 is 0 Å². The SMILES string of the molecule is CN(C)CCCOc1cnc(-c2cccc(CC=O)c2)nc1. The highest BCUT2D eigenvalue weighted by atomic mass is 16.5. The topological polar surface area (TPSA) is 55.3 Å². The quantitative estimate of drug-likeness (QED) is 0.552. The number of aromatic nitrogens is 2. The molecule has 22 heavy (non-hydrogen) atoms. The smallest absolute Gasteiger partial charge is 0.159 e. The van der Waals surface area contributed by atoms with Gasteiger partial charge in [-0.1, -0.05) is 18.2 Å². The van der Waals surface area contributed by atoms with Gasteiger partial charge >= 0.3 is 0 Å². The predicted octanol–water partition coefficient (Wildman–Crippen LogP) is 2.22. The third kappa shape index (κ3) is 4.93. The minimum atomic E-state index is 0.404. The maximum atomic E-state index is 10.6. The van der Waals surface area contributed by atoms with Gasteiger partial charge in [-0.15, -0.1) is 0 Å². The van der Waals surface area contributed by atoms with Gasteiger partial charge < -0.3 is 14.4 Å². The van der Waals surface area contributed by atoms with Gasteiger partial charge in [0.2, 0.25) is 0 Å². The van der Waals surface area contributed by atoms with E-state index in [2.05, 4.69) is 14.9 Å². The highest BCUT2D eigenvalue weighted by Gasteiger charge is 2.03. The first kappa shape index (κ1) is 16.1. The number of hydrogen-bond donors (Lipinski definition) is 0. The van der Waals surface area contributed by atoms with Gasteiger partial charge in [-0.3, -0.25) is 0 Å². The molecular formula is C17H21N3O2. The van der Waals surface area contributed by atoms with Crippen LogP contribution < -0.4 is 4.74 Å². The van der Waals surface area contributed by atoms with E-state index in [0.717, 1.165) is 30.4 Å². The van der Waals surface area contributed by atoms with Gasteiger partial charge in [0.15, 0.2) is 11.6 Å². The third-order valence-electron chi connectivity index (χ3n) is 3.15. The summed E-state index contributed by atoms with van der Waals surface area (Å²) in [6.45, 7) is 1.64. The van der Waals surface area contributed by atoms with Crippen LogP contribution in [0.4, 0.5) is 0 Å². The van der Waals surface area contributed by atoms with Gasteiger partial charge in [-0.05, 0) is 32.1 Å². The molecule has 0 spiro atoms. The van der Waals surface area contributed by atoms with Crippen LogP contribution in [0.15, 0.2) is 36.7 Å². The Hall–Kier alpha value is -2.27. The molecule has 0 aliphatic rings. The zero-order chi connectivity index (χ0) is 15.8. The monoisotopic (exact) mass is 299 g/mol. The van der Waals surface area contributed by atoms with Gasteiger partial charge in [0.25, 0.3) is 0 Å². The molecule has 0 unspecified atom stereocenters. The van der Waals surface area contributed by atoms with E-state index in [-0.39, 0.29) is 0 Å². The van der Waals surface area contributed by atoms with Crippen LogP contribution in [0.1, 0.15) is 12.0 Å². The Kier molecular flexibility index (Phi) is 6.03. The van der Waals surface area contributed by atoms with Crippen molar-refractivity contribution in [1.29, 1.82) is 0 Å². The Morgan fingerprint density at radius 2 is 2.00 bits per heavy atom. The summed E-state index contributed by atoms with van der Waals surface area (Å²) in [5.41, 5.74) is 1.86. The molecule has 2 rings (SSSR count). The summed E-state index contributed by atoms with van der Waals surface area (Å²) in [5, 5.41) is 0. The average Bonchev–Trinajstić information content (AvgIpc) is 2.53. The fraction of sp³-hybridized carbons (Fsp3) is 0.353. The zero-order valence-corrected chi connectivity index (χ0v) is 13.0. The number of benzene rings is 1. The number of hydrogen-bond acceptors (Lipinski definition) is 5. The molecule has 0 saturated carbocycles. The van der Waals surface area contributed by atoms with Crippen molar-refractivity contribution in [1.82, 2.24) is 14.9 Å². The summed E-state index contributed by atoms with van der Waals surface area (Å²) in [5.74, 6) is 1.31. The van der Waals surface area contributed by atoms with Crippen molar-refractivity contribution in [3.05, 3.63) is 42.2 Å². The first-order chi connectivity index (χ1) is 10.7. The molecule has 0 N–H and O–H groups in total. The molecular weight excluding hydrogens is 278 g/mol. The second-order valence-electron chi connectivity index (χ2n) is 5.32. The molecule has 1 aromatic heterocycles. The van der Waals surface area contributed by atoms with Crippen molar-refractivity contribution in [3.8, 4) is 17.1 Å². The number of carbonyl (C=O) groups excluding carboxylic acids is 1. The van der Waals surface area contributed by atoms with Crippen molar-refractivity contribution in [2.75, 3.05) is 27.2 Å². The molecule has 2 aromatic rings. The van der Waals surface area contributed by atoms with Crippen molar-refractivity contribution in [2.24, 2.45) is 0 Å². The van der Waals surface area contributed by atoms with Crippen molar-refractivity contribution in [2.45, 2.75) is 12.8 Å². The second-order valence-corrected chi connectivity index (χ2v) is 5.32. The van der Waals surface area contributed by atoms with Crippen molar-refractivity contribution in [3.63, 3.8) is 0 Å². The van der Waals surface area contributed by atoms with E-state index in [4.69, 9.17) is 4.74 Å². The Labute approximate surface area is 131 Å². The fourth-order valence-electron chi connectivity index (χ4n) is 2.04. The minimum Gasteiger partial charge on any atom is -0.490 e. The van der Waals surface area contributed by atoms with E-state index < -0.39 is 0 Å². The first-order valence-electron chi connectivity index (χ1n) is 7.31. The molecule has 0 fully saturated rings. The van der Waals surface area contributed by atoms with E-state index in [1.54, 1.807) is 12.4 Å². The summed E-state index contributed by atoms with van der Waals surface area (Å²) in [6.07, 6.45) is 5.63. The van der Waals surface area contributed by atoms with Crippen LogP contribution in [0, 0.1) is 0 Å². The van der Waals surface area contributed by atoms with E-state index in [9.17, 15) is 4.79 Å². The van der Waals surface area contributed by atoms with E-state index in [0.29, 0.717) is 24.6 Å². The van der Waals surface area contributed by atoms with Crippen molar-refractivity contribution >= 4 is 6.29 Å². The number of ether oxygens (including phenoxy) is 1. The van der Waals surface area contributed by atoms with Crippen molar-refractivity contribution < 1.29 is 9.53 Å². The number of carbonyl (C=O) groups is 1. The van der Waals surface area contributed by atoms with Crippen LogP contribution in [0.5, 0.6) is 5.75 Å². The zero-order valence-electron chi connectivity index (χ0n) is 13.0. The number of aldehydes is 1. The molecule has 116 valence electrons. The minimum absolute atomic E-state index is 0.404. The maximum Gasteiger partial charge on any atom is 0.159 e. The maximum absolute atomic E-state index is 10.6. The summed E-state index contributed by atoms with van der Waals surface area (Å²) < 4.78 is 5.61. The van der Waals surface area contributed by atoms with E-state index in [1.165, 1.54) is 0 Å². The Morgan fingerprint density at radius 3 is 2.68 bits per heavy atom. The lowest BCUT2D eigenvalue weighted by Crippen LogP contribution is -2.15. The van der Waals surface area contributed by atoms with Crippen LogP contribution in [-0.4, -0.2) is 48.4 Å². The molecule has 0 aliphatic heterocycles. The van der Waals surface area contributed by atoms with Gasteiger partial charge in [0.1, 0.15) is 6.29 Å². The molecule has 0 amide bonds. The summed E-state index contributed by atoms with van der Waals surface area (Å²) in [4.78, 5) is 21.4. The Morgan fingerprint density at radius 1 is 1.23 bits per heavy atom. The Bertz CT molecular complexity index is 597. The summed E-state index contributed by atoms with van der Waals surface area (Å²) in [7, 11) is 4.08. The molecule has 1 heterocycles. The molecule has 0 aliphatic carbocycles. The lowest BCUT2D eigenvalue weighted by atomic mass is 10.1. The number of rotatable bonds is 8. The second kappa shape index (κ2) is 8.24. The molecule has 0 saturated heterocycles. The molecule has 0 atom stereocenters. The van der Waals surface area contributed by atoms with Gasteiger partial charge in [0, 0.05) is 18.5 Å². The molecule has 0 bridgehead atoms. The predicted molar refractivity (Wildman–Crippen MR) is 85.9 cm³/mol. The largest absolute Gasteiger partial charge is 0.490 e. The van der Waals surface area contributed by atoms with Crippen LogP contribution in [0.2, 0.25) is 0 Å². The molecule has 5 heteroatoms. The number of nitrogens with zero attached hydrogens (tertiary/aromatic N) is 3. The van der Waals surface area contributed by atoms with E-state index in [1.807, 2.05) is 38.4 Å². The van der Waals surface area contributed by atoms with Crippen LogP contribution in [-0.2, 0) is 11.2 Å². The highest BCUT2D eigenvalue weighted by molar-refractivity contribution is 5.60. The molecule has 0 radical (unpaired) electrons. The summed E-state index contributed by atoms with van der Waals surface area (Å²) in [6, 6.07) is 7.69. The van der Waals surface area contributed by atoms with Crippen LogP contribution >= 0.6 is 0 Å². The van der Waals surface area contributed by atoms with Crippen LogP contribution in [0.3, 0.4) is 0 Å². The molecule has 1 aromatic carbocycles. The third-order valence-corrected chi connectivity index (χ3v) is 3.15. The lowest BCUT2D eigenvalue weighted by molar-refractivity contribution is -0.107. The fourth-order valence-corrected chi connectivity index (χ4v) is 2.04. The standard InChI is InChI=1S/C17H21N3O2/c1-20(2)8-4-10-22-16-12-18-17(19-13-16)15-6-3-5-14(11-15)7-9-21/h3,5-6,9,11-13H,4,7-8,10H2,1-2H3. The first-order valence-corrected chi connectivity index (χ1v) is 7.31. The Balaban J connectivity index is 1.96. The molecule has 5 nitrogen and oxygen atoms in total. The van der Waals surface area contributed by atoms with Gasteiger partial charge in [-0.25, -0.2) is 9.97 Å². The lowest BCUT2D eigenvalue weighted by Gasteiger charge is -2.10. The highest BCUT2D eigenvalue weighted by Crippen LogP contribution is 2.18.